The van der Waals surface area contributed by atoms with Crippen LogP contribution in [0.2, 0.25) is 0 Å². The van der Waals surface area contributed by atoms with Crippen LogP contribution in [-0.4, -0.2) is 28.0 Å². The Morgan fingerprint density at radius 2 is 1.75 bits per heavy atom. The number of hydrogen-bond donors (Lipinski definition) is 2. The van der Waals surface area contributed by atoms with Gasteiger partial charge in [0.1, 0.15) is 5.75 Å². The van der Waals surface area contributed by atoms with Crippen molar-refractivity contribution in [3.8, 4) is 17.3 Å². The summed E-state index contributed by atoms with van der Waals surface area (Å²) < 4.78 is 6.74. The first kappa shape index (κ1) is 19.5. The molecule has 3 rings (SSSR count). The van der Waals surface area contributed by atoms with Crippen molar-refractivity contribution in [1.29, 1.82) is 0 Å². The average molecular weight is 379 g/mol. The molecule has 0 aliphatic heterocycles. The molecule has 0 unspecified atom stereocenters. The van der Waals surface area contributed by atoms with Crippen molar-refractivity contribution in [1.82, 2.24) is 9.99 Å². The lowest BCUT2D eigenvalue weighted by Crippen LogP contribution is -2.31. The lowest BCUT2D eigenvalue weighted by atomic mass is 10.1. The number of nitrogens with zero attached hydrogens (tertiary/aromatic N) is 2. The van der Waals surface area contributed by atoms with Gasteiger partial charge in [-0.2, -0.15) is 5.10 Å². The van der Waals surface area contributed by atoms with Gasteiger partial charge in [-0.05, 0) is 58.0 Å². The van der Waals surface area contributed by atoms with E-state index in [1.807, 2.05) is 33.8 Å². The second-order valence-corrected chi connectivity index (χ2v) is 7.47. The van der Waals surface area contributed by atoms with Gasteiger partial charge in [0.2, 0.25) is 5.88 Å². The summed E-state index contributed by atoms with van der Waals surface area (Å²) in [6.45, 7) is 8.43. The van der Waals surface area contributed by atoms with E-state index in [0.29, 0.717) is 34.4 Å². The van der Waals surface area contributed by atoms with E-state index < -0.39 is 0 Å². The Bertz CT molecular complexity index is 1060. The molecule has 1 aromatic heterocycles. The molecule has 0 saturated heterocycles. The molecule has 2 aromatic carbocycles. The van der Waals surface area contributed by atoms with Gasteiger partial charge in [-0.1, -0.05) is 18.2 Å². The fraction of sp³-hybridized carbons (Fsp3) is 0.273. The van der Waals surface area contributed by atoms with Crippen LogP contribution in [0.1, 0.15) is 33.3 Å². The molecule has 0 radical (unpaired) electrons. The molecule has 2 N–H and O–H groups in total. The number of ether oxygens (including phenoxy) is 1. The van der Waals surface area contributed by atoms with E-state index in [2.05, 4.69) is 10.5 Å². The Labute approximate surface area is 164 Å². The number of rotatable bonds is 5. The van der Waals surface area contributed by atoms with Gasteiger partial charge >= 0.3 is 0 Å². The van der Waals surface area contributed by atoms with Gasteiger partial charge in [-0.3, -0.25) is 4.79 Å². The number of hydrogen-bond acceptors (Lipinski definition) is 5. The molecule has 0 fully saturated rings. The Balaban J connectivity index is 2.19. The fourth-order valence-corrected chi connectivity index (χ4v) is 2.88. The highest BCUT2D eigenvalue weighted by Gasteiger charge is 2.16. The monoisotopic (exact) mass is 379 g/mol. The highest BCUT2D eigenvalue weighted by Crippen LogP contribution is 2.26. The van der Waals surface area contributed by atoms with E-state index >= 15 is 0 Å². The lowest BCUT2D eigenvalue weighted by Gasteiger charge is -2.18. The van der Waals surface area contributed by atoms with Crippen molar-refractivity contribution in [3.63, 3.8) is 0 Å². The van der Waals surface area contributed by atoms with Crippen LogP contribution < -0.4 is 15.7 Å². The molecule has 146 valence electrons. The van der Waals surface area contributed by atoms with Gasteiger partial charge in [0.25, 0.3) is 5.56 Å². The van der Waals surface area contributed by atoms with E-state index in [1.165, 1.54) is 4.57 Å². The second kappa shape index (κ2) is 7.76. The molecule has 28 heavy (non-hydrogen) atoms. The minimum atomic E-state index is -0.293. The van der Waals surface area contributed by atoms with Crippen molar-refractivity contribution in [2.24, 2.45) is 5.10 Å². The first-order valence-electron chi connectivity index (χ1n) is 9.22. The summed E-state index contributed by atoms with van der Waals surface area (Å²) >= 11 is 0. The summed E-state index contributed by atoms with van der Waals surface area (Å²) in [5.74, 6) is 0.545. The van der Waals surface area contributed by atoms with Crippen molar-refractivity contribution >= 4 is 17.0 Å². The van der Waals surface area contributed by atoms with Crippen LogP contribution in [0.4, 0.5) is 0 Å². The Hall–Kier alpha value is -3.28. The van der Waals surface area contributed by atoms with Crippen molar-refractivity contribution in [2.45, 2.75) is 33.2 Å². The number of aromatic hydroxyl groups is 1. The molecule has 0 saturated carbocycles. The first-order chi connectivity index (χ1) is 13.3. The standard InChI is InChI=1S/C22H25N3O3/c1-5-28-16-12-10-15(11-13-16)25-20(26)18-9-7-6-8-17(18)19(21(25)27)14-23-24-22(2,3)4/h6-14,24,27H,5H2,1-4H3/b23-14-. The zero-order valence-corrected chi connectivity index (χ0v) is 16.6. The summed E-state index contributed by atoms with van der Waals surface area (Å²) in [5, 5.41) is 16.3. The zero-order valence-electron chi connectivity index (χ0n) is 16.6. The van der Waals surface area contributed by atoms with Gasteiger partial charge in [-0.15, -0.1) is 0 Å². The number of benzene rings is 2. The quantitative estimate of drug-likeness (QED) is 0.522. The minimum absolute atomic E-state index is 0.160. The van der Waals surface area contributed by atoms with Crippen LogP contribution in [0.25, 0.3) is 16.5 Å². The van der Waals surface area contributed by atoms with Gasteiger partial charge in [0, 0.05) is 16.3 Å². The SMILES string of the molecule is CCOc1ccc(-n2c(O)c(/C=N\NC(C)(C)C)c3ccccc3c2=O)cc1. The maximum atomic E-state index is 13.1. The number of fused-ring (bicyclic) bond motifs is 1. The molecular weight excluding hydrogens is 354 g/mol. The molecule has 6 nitrogen and oxygen atoms in total. The zero-order chi connectivity index (χ0) is 20.3. The van der Waals surface area contributed by atoms with Crippen molar-refractivity contribution in [3.05, 3.63) is 64.4 Å². The molecular formula is C22H25N3O3. The Morgan fingerprint density at radius 3 is 2.36 bits per heavy atom. The summed E-state index contributed by atoms with van der Waals surface area (Å²) in [4.78, 5) is 13.1. The van der Waals surface area contributed by atoms with Gasteiger partial charge < -0.3 is 15.3 Å². The van der Waals surface area contributed by atoms with Crippen molar-refractivity contribution in [2.75, 3.05) is 6.61 Å². The van der Waals surface area contributed by atoms with Gasteiger partial charge in [0.15, 0.2) is 0 Å². The Morgan fingerprint density at radius 1 is 1.11 bits per heavy atom. The largest absolute Gasteiger partial charge is 0.494 e. The predicted octanol–water partition coefficient (Wildman–Crippen LogP) is 3.82. The van der Waals surface area contributed by atoms with Crippen LogP contribution in [0.3, 0.4) is 0 Å². The first-order valence-corrected chi connectivity index (χ1v) is 9.22. The van der Waals surface area contributed by atoms with Crippen molar-refractivity contribution < 1.29 is 9.84 Å². The van der Waals surface area contributed by atoms with Gasteiger partial charge in [0.05, 0.1) is 24.1 Å². The highest BCUT2D eigenvalue weighted by atomic mass is 16.5. The molecule has 0 atom stereocenters. The number of aromatic nitrogens is 1. The maximum Gasteiger partial charge on any atom is 0.265 e. The molecule has 1 heterocycles. The summed E-state index contributed by atoms with van der Waals surface area (Å²) in [6.07, 6.45) is 1.55. The van der Waals surface area contributed by atoms with Gasteiger partial charge in [-0.25, -0.2) is 4.57 Å². The smallest absolute Gasteiger partial charge is 0.265 e. The molecule has 3 aromatic rings. The van der Waals surface area contributed by atoms with E-state index in [9.17, 15) is 9.90 Å². The van der Waals surface area contributed by atoms with Crippen LogP contribution in [-0.2, 0) is 0 Å². The number of nitrogens with one attached hydrogen (secondary N) is 1. The topological polar surface area (TPSA) is 75.8 Å². The molecule has 0 bridgehead atoms. The average Bonchev–Trinajstić information content (AvgIpc) is 2.65. The molecule has 0 aliphatic carbocycles. The normalized spacial score (nSPS) is 11.9. The van der Waals surface area contributed by atoms with E-state index in [1.54, 1.807) is 48.7 Å². The van der Waals surface area contributed by atoms with E-state index in [-0.39, 0.29) is 17.0 Å². The fourth-order valence-electron chi connectivity index (χ4n) is 2.88. The third-order valence-corrected chi connectivity index (χ3v) is 4.10. The maximum absolute atomic E-state index is 13.1. The number of pyridine rings is 1. The van der Waals surface area contributed by atoms with Crippen LogP contribution in [0, 0.1) is 0 Å². The number of hydrazone groups is 1. The molecule has 6 heteroatoms. The second-order valence-electron chi connectivity index (χ2n) is 7.47. The third-order valence-electron chi connectivity index (χ3n) is 4.10. The summed E-state index contributed by atoms with van der Waals surface area (Å²) in [7, 11) is 0. The Kier molecular flexibility index (Phi) is 5.40. The van der Waals surface area contributed by atoms with Crippen LogP contribution in [0.15, 0.2) is 58.4 Å². The summed E-state index contributed by atoms with van der Waals surface area (Å²) in [6, 6.07) is 14.2. The van der Waals surface area contributed by atoms with E-state index in [0.717, 1.165) is 0 Å². The lowest BCUT2D eigenvalue weighted by molar-refractivity contribution is 0.340. The molecule has 0 aliphatic rings. The third kappa shape index (κ3) is 4.01. The van der Waals surface area contributed by atoms with E-state index in [4.69, 9.17) is 4.74 Å². The minimum Gasteiger partial charge on any atom is -0.494 e. The van der Waals surface area contributed by atoms with Crippen LogP contribution >= 0.6 is 0 Å². The summed E-state index contributed by atoms with van der Waals surface area (Å²) in [5.41, 5.74) is 3.53. The molecule has 0 spiro atoms. The predicted molar refractivity (Wildman–Crippen MR) is 113 cm³/mol. The molecule has 0 amide bonds. The highest BCUT2D eigenvalue weighted by molar-refractivity contribution is 6.01. The van der Waals surface area contributed by atoms with Crippen LogP contribution in [0.5, 0.6) is 11.6 Å².